The number of thioether (sulfide) groups is 1. The smallest absolute Gasteiger partial charge is 0.0809 e. The first kappa shape index (κ1) is 19.4. The van der Waals surface area contributed by atoms with Crippen LogP contribution in [0.25, 0.3) is 0 Å². The molecule has 2 rings (SSSR count). The number of benzene rings is 2. The van der Waals surface area contributed by atoms with Crippen LogP contribution in [0.2, 0.25) is 25.1 Å². The first-order chi connectivity index (χ1) is 10.9. The van der Waals surface area contributed by atoms with Gasteiger partial charge in [0.1, 0.15) is 0 Å². The predicted octanol–water partition coefficient (Wildman–Crippen LogP) is 7.92. The molecule has 0 fully saturated rings. The number of para-hydroxylation sites is 1. The van der Waals surface area contributed by atoms with Gasteiger partial charge in [-0.25, -0.2) is 0 Å². The molecule has 0 aliphatic rings. The number of hydrogen-bond donors (Lipinski definition) is 0. The summed E-state index contributed by atoms with van der Waals surface area (Å²) in [5, 5.41) is 1.35. The van der Waals surface area contributed by atoms with Crippen LogP contribution in [-0.2, 0) is 0 Å². The van der Waals surface area contributed by atoms with E-state index in [4.69, 9.17) is 58.0 Å². The van der Waals surface area contributed by atoms with E-state index in [9.17, 15) is 0 Å². The van der Waals surface area contributed by atoms with Crippen LogP contribution in [0.15, 0.2) is 35.2 Å². The van der Waals surface area contributed by atoms with Crippen molar-refractivity contribution in [3.8, 4) is 0 Å². The molecule has 1 unspecified atom stereocenters. The SMILES string of the molecule is CCN(c1ccccc1)C(C)Sc1c(Cl)c(Cl)c(Cl)c(Cl)c1Cl. The Morgan fingerprint density at radius 2 is 1.35 bits per heavy atom. The van der Waals surface area contributed by atoms with Crippen molar-refractivity contribution in [3.63, 3.8) is 0 Å². The van der Waals surface area contributed by atoms with Crippen molar-refractivity contribution in [2.45, 2.75) is 24.1 Å². The third kappa shape index (κ3) is 4.18. The number of halogens is 5. The molecule has 0 aliphatic carbocycles. The lowest BCUT2D eigenvalue weighted by molar-refractivity contribution is 0.822. The second kappa shape index (κ2) is 8.42. The fourth-order valence-electron chi connectivity index (χ4n) is 2.19. The van der Waals surface area contributed by atoms with Crippen LogP contribution in [0.4, 0.5) is 5.69 Å². The summed E-state index contributed by atoms with van der Waals surface area (Å²) < 4.78 is 0. The Balaban J connectivity index is 2.35. The largest absolute Gasteiger partial charge is 0.360 e. The average Bonchev–Trinajstić information content (AvgIpc) is 2.57. The zero-order valence-electron chi connectivity index (χ0n) is 12.4. The molecule has 0 aliphatic heterocycles. The molecular formula is C16H14Cl5NS. The number of hydrogen-bond acceptors (Lipinski definition) is 2. The molecule has 0 radical (unpaired) electrons. The van der Waals surface area contributed by atoms with Gasteiger partial charge in [0.25, 0.3) is 0 Å². The standard InChI is InChI=1S/C16H14Cl5NS/c1-3-22(10-7-5-4-6-8-10)9(2)23-16-14(20)12(18)11(17)13(19)15(16)21/h4-9H,3H2,1-2H3. The second-order valence-electron chi connectivity index (χ2n) is 4.74. The highest BCUT2D eigenvalue weighted by molar-refractivity contribution is 8.00. The number of nitrogens with zero attached hydrogens (tertiary/aromatic N) is 1. The fraction of sp³-hybridized carbons (Fsp3) is 0.250. The minimum Gasteiger partial charge on any atom is -0.360 e. The molecule has 124 valence electrons. The van der Waals surface area contributed by atoms with Gasteiger partial charge in [-0.2, -0.15) is 0 Å². The highest BCUT2D eigenvalue weighted by Crippen LogP contribution is 2.49. The summed E-state index contributed by atoms with van der Waals surface area (Å²) in [7, 11) is 0. The van der Waals surface area contributed by atoms with Gasteiger partial charge in [-0.1, -0.05) is 88.0 Å². The van der Waals surface area contributed by atoms with E-state index < -0.39 is 0 Å². The molecule has 1 atom stereocenters. The van der Waals surface area contributed by atoms with E-state index in [1.807, 2.05) is 18.2 Å². The van der Waals surface area contributed by atoms with Crippen molar-refractivity contribution in [1.82, 2.24) is 0 Å². The molecule has 0 saturated heterocycles. The average molecular weight is 430 g/mol. The summed E-state index contributed by atoms with van der Waals surface area (Å²) in [4.78, 5) is 2.86. The topological polar surface area (TPSA) is 3.24 Å². The van der Waals surface area contributed by atoms with Crippen LogP contribution in [0, 0.1) is 0 Å². The predicted molar refractivity (Wildman–Crippen MR) is 106 cm³/mol. The lowest BCUT2D eigenvalue weighted by Gasteiger charge is -2.30. The molecule has 2 aromatic rings. The quantitative estimate of drug-likeness (QED) is 0.205. The molecule has 0 aromatic heterocycles. The van der Waals surface area contributed by atoms with E-state index in [1.54, 1.807) is 0 Å². The molecule has 23 heavy (non-hydrogen) atoms. The van der Waals surface area contributed by atoms with Crippen molar-refractivity contribution in [2.75, 3.05) is 11.4 Å². The van der Waals surface area contributed by atoms with Gasteiger partial charge in [0.15, 0.2) is 0 Å². The maximum Gasteiger partial charge on any atom is 0.0809 e. The Hall–Kier alpha value is 0.0400. The van der Waals surface area contributed by atoms with Crippen LogP contribution in [-0.4, -0.2) is 11.9 Å². The molecule has 0 bridgehead atoms. The fourth-order valence-corrected chi connectivity index (χ4v) is 4.86. The van der Waals surface area contributed by atoms with Crippen molar-refractivity contribution < 1.29 is 0 Å². The Morgan fingerprint density at radius 3 is 1.83 bits per heavy atom. The van der Waals surface area contributed by atoms with Gasteiger partial charge in [-0.3, -0.25) is 0 Å². The molecule has 0 saturated carbocycles. The molecule has 7 heteroatoms. The van der Waals surface area contributed by atoms with Crippen LogP contribution in [0.5, 0.6) is 0 Å². The zero-order valence-corrected chi connectivity index (χ0v) is 17.0. The van der Waals surface area contributed by atoms with Gasteiger partial charge < -0.3 is 4.90 Å². The summed E-state index contributed by atoms with van der Waals surface area (Å²) in [6, 6.07) is 10.1. The monoisotopic (exact) mass is 427 g/mol. The maximum absolute atomic E-state index is 6.31. The van der Waals surface area contributed by atoms with Gasteiger partial charge in [0.2, 0.25) is 0 Å². The van der Waals surface area contributed by atoms with E-state index in [1.165, 1.54) is 11.8 Å². The van der Waals surface area contributed by atoms with Gasteiger partial charge in [-0.05, 0) is 26.0 Å². The van der Waals surface area contributed by atoms with Crippen molar-refractivity contribution in [1.29, 1.82) is 0 Å². The highest BCUT2D eigenvalue weighted by Gasteiger charge is 2.23. The summed E-state index contributed by atoms with van der Waals surface area (Å²) in [6.45, 7) is 5.00. The Morgan fingerprint density at radius 1 is 0.870 bits per heavy atom. The highest BCUT2D eigenvalue weighted by atomic mass is 35.5. The third-order valence-corrected chi connectivity index (χ3v) is 7.07. The third-order valence-electron chi connectivity index (χ3n) is 3.33. The zero-order chi connectivity index (χ0) is 17.1. The van der Waals surface area contributed by atoms with E-state index >= 15 is 0 Å². The summed E-state index contributed by atoms with van der Waals surface area (Å²) in [5.41, 5.74) is 1.12. The molecule has 0 spiro atoms. The van der Waals surface area contributed by atoms with Crippen LogP contribution in [0.3, 0.4) is 0 Å². The Kier molecular flexibility index (Phi) is 7.09. The molecule has 1 nitrogen and oxygen atoms in total. The minimum atomic E-state index is 0.0747. The molecule has 2 aromatic carbocycles. The Bertz CT molecular complexity index is 664. The number of anilines is 1. The first-order valence-corrected chi connectivity index (χ1v) is 9.65. The van der Waals surface area contributed by atoms with Crippen molar-refractivity contribution in [3.05, 3.63) is 55.4 Å². The lowest BCUT2D eigenvalue weighted by atomic mass is 10.3. The van der Waals surface area contributed by atoms with Crippen molar-refractivity contribution in [2.24, 2.45) is 0 Å². The second-order valence-corrected chi connectivity index (χ2v) is 7.95. The van der Waals surface area contributed by atoms with Crippen molar-refractivity contribution >= 4 is 75.5 Å². The van der Waals surface area contributed by atoms with E-state index in [-0.39, 0.29) is 20.4 Å². The van der Waals surface area contributed by atoms with Gasteiger partial charge in [-0.15, -0.1) is 0 Å². The van der Waals surface area contributed by atoms with E-state index in [0.717, 1.165) is 12.2 Å². The number of rotatable bonds is 5. The maximum atomic E-state index is 6.31. The van der Waals surface area contributed by atoms with E-state index in [0.29, 0.717) is 14.9 Å². The molecular weight excluding hydrogens is 416 g/mol. The summed E-state index contributed by atoms with van der Waals surface area (Å²) >= 11 is 32.4. The van der Waals surface area contributed by atoms with E-state index in [2.05, 4.69) is 30.9 Å². The van der Waals surface area contributed by atoms with Gasteiger partial charge in [0.05, 0.1) is 30.5 Å². The van der Waals surface area contributed by atoms with Crippen LogP contribution >= 0.6 is 69.8 Å². The summed E-state index contributed by atoms with van der Waals surface area (Å²) in [5.74, 6) is 0. The van der Waals surface area contributed by atoms with Crippen LogP contribution < -0.4 is 4.90 Å². The minimum absolute atomic E-state index is 0.0747. The lowest BCUT2D eigenvalue weighted by Crippen LogP contribution is -2.30. The molecule has 0 amide bonds. The van der Waals surface area contributed by atoms with Crippen LogP contribution in [0.1, 0.15) is 13.8 Å². The normalized spacial score (nSPS) is 12.3. The Labute approximate surface area is 165 Å². The molecule has 0 heterocycles. The van der Waals surface area contributed by atoms with Gasteiger partial charge in [0, 0.05) is 17.1 Å². The van der Waals surface area contributed by atoms with Gasteiger partial charge >= 0.3 is 0 Å². The first-order valence-electron chi connectivity index (χ1n) is 6.88. The summed E-state index contributed by atoms with van der Waals surface area (Å²) in [6.07, 6.45) is 0. The molecule has 0 N–H and O–H groups in total.